The molecule has 0 aromatic carbocycles. The van der Waals surface area contributed by atoms with Crippen LogP contribution in [0.5, 0.6) is 0 Å². The fourth-order valence-corrected chi connectivity index (χ4v) is 3.05. The van der Waals surface area contributed by atoms with E-state index >= 15 is 0 Å². The van der Waals surface area contributed by atoms with E-state index in [4.69, 9.17) is 5.26 Å². The lowest BCUT2D eigenvalue weighted by atomic mass is 10.2. The number of nitrogens with zero attached hydrogens (tertiary/aromatic N) is 5. The van der Waals surface area contributed by atoms with E-state index in [0.29, 0.717) is 5.56 Å². The zero-order chi connectivity index (χ0) is 13.1. The third-order valence-corrected chi connectivity index (χ3v) is 4.09. The quantitative estimate of drug-likeness (QED) is 0.858. The van der Waals surface area contributed by atoms with E-state index < -0.39 is 0 Å². The molecule has 0 fully saturated rings. The molecule has 0 radical (unpaired) electrons. The van der Waals surface area contributed by atoms with Gasteiger partial charge in [0.2, 0.25) is 5.13 Å². The van der Waals surface area contributed by atoms with E-state index in [0.717, 1.165) is 20.2 Å². The Hall–Kier alpha value is -1.65. The first-order valence-corrected chi connectivity index (χ1v) is 6.79. The topological polar surface area (TPSA) is 65.7 Å². The van der Waals surface area contributed by atoms with Crippen LogP contribution in [0.25, 0.3) is 0 Å². The molecule has 0 aliphatic heterocycles. The van der Waals surface area contributed by atoms with Crippen molar-refractivity contribution in [2.75, 3.05) is 19.0 Å². The fraction of sp³-hybridized carbons (Fsp3) is 0.273. The van der Waals surface area contributed by atoms with Gasteiger partial charge < -0.3 is 4.90 Å². The summed E-state index contributed by atoms with van der Waals surface area (Å²) in [5.41, 5.74) is 1.44. The monoisotopic (exact) mass is 277 g/mol. The Morgan fingerprint density at radius 3 is 2.72 bits per heavy atom. The van der Waals surface area contributed by atoms with Crippen molar-refractivity contribution in [1.82, 2.24) is 15.2 Å². The van der Waals surface area contributed by atoms with Crippen LogP contribution < -0.4 is 4.90 Å². The van der Waals surface area contributed by atoms with Crippen molar-refractivity contribution >= 4 is 28.2 Å². The number of hydrogen-bond acceptors (Lipinski definition) is 7. The van der Waals surface area contributed by atoms with E-state index in [1.165, 1.54) is 23.1 Å². The molecule has 7 heteroatoms. The first kappa shape index (κ1) is 12.8. The van der Waals surface area contributed by atoms with Crippen molar-refractivity contribution in [1.29, 1.82) is 5.26 Å². The summed E-state index contributed by atoms with van der Waals surface area (Å²) in [5, 5.41) is 18.7. The van der Waals surface area contributed by atoms with Gasteiger partial charge in [0.15, 0.2) is 4.34 Å². The summed E-state index contributed by atoms with van der Waals surface area (Å²) >= 11 is 2.92. The summed E-state index contributed by atoms with van der Waals surface area (Å²) in [6, 6.07) is 5.64. The number of hydrogen-bond donors (Lipinski definition) is 0. The maximum atomic E-state index is 8.91. The van der Waals surface area contributed by atoms with Gasteiger partial charge in [-0.05, 0) is 30.8 Å². The highest BCUT2D eigenvalue weighted by atomic mass is 32.2. The molecule has 0 saturated heterocycles. The average Bonchev–Trinajstić information content (AvgIpc) is 2.76. The minimum absolute atomic E-state index is 0.613. The molecule has 2 rings (SSSR count). The molecule has 0 bridgehead atoms. The Bertz CT molecular complexity index is 600. The highest BCUT2D eigenvalue weighted by Crippen LogP contribution is 2.32. The molecule has 92 valence electrons. The van der Waals surface area contributed by atoms with Gasteiger partial charge in [-0.25, -0.2) is 4.98 Å². The number of rotatable bonds is 3. The van der Waals surface area contributed by atoms with E-state index in [1.807, 2.05) is 25.9 Å². The highest BCUT2D eigenvalue weighted by Gasteiger charge is 2.09. The lowest BCUT2D eigenvalue weighted by molar-refractivity contribution is 0.968. The van der Waals surface area contributed by atoms with E-state index in [-0.39, 0.29) is 0 Å². The molecule has 5 nitrogen and oxygen atoms in total. The maximum Gasteiger partial charge on any atom is 0.208 e. The molecule has 0 aliphatic carbocycles. The van der Waals surface area contributed by atoms with Gasteiger partial charge in [-0.1, -0.05) is 11.3 Å². The van der Waals surface area contributed by atoms with Crippen LogP contribution in [-0.2, 0) is 0 Å². The van der Waals surface area contributed by atoms with E-state index in [1.54, 1.807) is 12.1 Å². The molecule has 2 aromatic heterocycles. The number of nitriles is 1. The number of anilines is 1. The fourth-order valence-electron chi connectivity index (χ4n) is 1.27. The van der Waals surface area contributed by atoms with Crippen molar-refractivity contribution in [2.24, 2.45) is 0 Å². The lowest BCUT2D eigenvalue weighted by Gasteiger charge is -2.03. The zero-order valence-electron chi connectivity index (χ0n) is 10.2. The van der Waals surface area contributed by atoms with Crippen LogP contribution in [0.3, 0.4) is 0 Å². The van der Waals surface area contributed by atoms with Crippen LogP contribution in [0, 0.1) is 18.3 Å². The standard InChI is InChI=1S/C11H11N5S2/c1-7-4-8(6-12)5-9(13-7)17-11-15-14-10(18-11)16(2)3/h4-5H,1-3H3. The normalized spacial score (nSPS) is 10.1. The molecule has 0 N–H and O–H groups in total. The second kappa shape index (κ2) is 5.33. The van der Waals surface area contributed by atoms with Crippen molar-refractivity contribution in [3.8, 4) is 6.07 Å². The highest BCUT2D eigenvalue weighted by molar-refractivity contribution is 8.01. The SMILES string of the molecule is Cc1cc(C#N)cc(Sc2nnc(N(C)C)s2)n1. The molecule has 0 atom stereocenters. The summed E-state index contributed by atoms with van der Waals surface area (Å²) in [6.07, 6.45) is 0. The Labute approximate surface area is 113 Å². The van der Waals surface area contributed by atoms with Gasteiger partial charge in [0, 0.05) is 19.8 Å². The average molecular weight is 277 g/mol. The lowest BCUT2D eigenvalue weighted by Crippen LogP contribution is -2.07. The second-order valence-corrected chi connectivity index (χ2v) is 6.02. The summed E-state index contributed by atoms with van der Waals surface area (Å²) < 4.78 is 0.820. The molecule has 2 aromatic rings. The first-order valence-electron chi connectivity index (χ1n) is 5.16. The van der Waals surface area contributed by atoms with Crippen molar-refractivity contribution in [3.05, 3.63) is 23.4 Å². The van der Waals surface area contributed by atoms with Gasteiger partial charge in [-0.15, -0.1) is 10.2 Å². The Kier molecular flexibility index (Phi) is 3.79. The largest absolute Gasteiger partial charge is 0.353 e. The van der Waals surface area contributed by atoms with Crippen LogP contribution >= 0.6 is 23.1 Å². The van der Waals surface area contributed by atoms with Gasteiger partial charge in [0.05, 0.1) is 11.6 Å². The van der Waals surface area contributed by atoms with Crippen molar-refractivity contribution in [2.45, 2.75) is 16.3 Å². The van der Waals surface area contributed by atoms with Crippen molar-refractivity contribution in [3.63, 3.8) is 0 Å². The smallest absolute Gasteiger partial charge is 0.208 e. The molecular weight excluding hydrogens is 266 g/mol. The maximum absolute atomic E-state index is 8.91. The molecule has 0 amide bonds. The molecule has 0 saturated carbocycles. The minimum atomic E-state index is 0.613. The molecule has 0 spiro atoms. The van der Waals surface area contributed by atoms with Crippen LogP contribution in [0.15, 0.2) is 21.5 Å². The third-order valence-electron chi connectivity index (χ3n) is 2.03. The summed E-state index contributed by atoms with van der Waals surface area (Å²) in [4.78, 5) is 6.28. The Balaban J connectivity index is 2.23. The van der Waals surface area contributed by atoms with Crippen molar-refractivity contribution < 1.29 is 0 Å². The number of pyridine rings is 1. The molecule has 0 aliphatic rings. The number of aryl methyl sites for hydroxylation is 1. The van der Waals surface area contributed by atoms with Gasteiger partial charge >= 0.3 is 0 Å². The summed E-state index contributed by atoms with van der Waals surface area (Å²) in [6.45, 7) is 1.87. The predicted molar refractivity (Wildman–Crippen MR) is 72.0 cm³/mol. The van der Waals surface area contributed by atoms with Crippen LogP contribution in [0.4, 0.5) is 5.13 Å². The zero-order valence-corrected chi connectivity index (χ0v) is 11.8. The van der Waals surface area contributed by atoms with Gasteiger partial charge in [0.25, 0.3) is 0 Å². The molecule has 18 heavy (non-hydrogen) atoms. The van der Waals surface area contributed by atoms with E-state index in [2.05, 4.69) is 21.3 Å². The molecule has 2 heterocycles. The van der Waals surface area contributed by atoms with Gasteiger partial charge in [0.1, 0.15) is 5.03 Å². The number of aromatic nitrogens is 3. The molecule has 0 unspecified atom stereocenters. The van der Waals surface area contributed by atoms with Crippen LogP contribution in [-0.4, -0.2) is 29.3 Å². The minimum Gasteiger partial charge on any atom is -0.353 e. The van der Waals surface area contributed by atoms with E-state index in [9.17, 15) is 0 Å². The first-order chi connectivity index (χ1) is 8.58. The summed E-state index contributed by atoms with van der Waals surface area (Å²) in [7, 11) is 3.85. The van der Waals surface area contributed by atoms with Gasteiger partial charge in [-0.3, -0.25) is 0 Å². The second-order valence-electron chi connectivity index (χ2n) is 3.79. The van der Waals surface area contributed by atoms with Crippen LogP contribution in [0.2, 0.25) is 0 Å². The van der Waals surface area contributed by atoms with Crippen LogP contribution in [0.1, 0.15) is 11.3 Å². The summed E-state index contributed by atoms with van der Waals surface area (Å²) in [5.74, 6) is 0. The predicted octanol–water partition coefficient (Wildman–Crippen LogP) is 2.33. The Morgan fingerprint density at radius 1 is 1.33 bits per heavy atom. The van der Waals surface area contributed by atoms with Gasteiger partial charge in [-0.2, -0.15) is 5.26 Å². The third kappa shape index (κ3) is 2.97. The molecular formula is C11H11N5S2. The Morgan fingerprint density at radius 2 is 2.11 bits per heavy atom.